The Morgan fingerprint density at radius 2 is 2.29 bits per heavy atom. The fraction of sp³-hybridized carbons (Fsp3) is 0.412. The van der Waals surface area contributed by atoms with E-state index in [1.165, 1.54) is 11.3 Å². The number of amides is 2. The van der Waals surface area contributed by atoms with Gasteiger partial charge in [-0.3, -0.25) is 0 Å². The van der Waals surface area contributed by atoms with Crippen LogP contribution in [0.4, 0.5) is 4.79 Å². The first kappa shape index (κ1) is 16.9. The van der Waals surface area contributed by atoms with Crippen molar-refractivity contribution >= 4 is 17.4 Å². The molecule has 3 N–H and O–H groups in total. The monoisotopic (exact) mass is 347 g/mol. The summed E-state index contributed by atoms with van der Waals surface area (Å²) in [6.07, 6.45) is -0.0816. The van der Waals surface area contributed by atoms with Gasteiger partial charge >= 0.3 is 6.03 Å². The highest BCUT2D eigenvalue weighted by Crippen LogP contribution is 2.30. The summed E-state index contributed by atoms with van der Waals surface area (Å²) in [6.45, 7) is 2.27. The molecular weight excluding hydrogens is 326 g/mol. The Labute approximate surface area is 144 Å². The van der Waals surface area contributed by atoms with Crippen molar-refractivity contribution in [3.8, 4) is 0 Å². The largest absolute Gasteiger partial charge is 0.386 e. The number of benzene rings is 1. The van der Waals surface area contributed by atoms with E-state index in [0.29, 0.717) is 13.0 Å². The van der Waals surface area contributed by atoms with Gasteiger partial charge in [-0.15, -0.1) is 11.3 Å². The van der Waals surface area contributed by atoms with E-state index < -0.39 is 6.10 Å². The van der Waals surface area contributed by atoms with Crippen molar-refractivity contribution in [3.05, 3.63) is 51.5 Å². The standard InChI is InChI=1S/C17H21N3O3S/c1-10(23-2)16-19-12(9-24-16)8-18-17(22)20-14-7-11-5-3-4-6-13(11)15(14)21/h3-6,9-10,14-15,21H,7-8H2,1-2H3,(H2,18,20,22)/t10?,14-,15-/m1/s1. The molecule has 0 saturated heterocycles. The molecule has 24 heavy (non-hydrogen) atoms. The molecule has 3 rings (SSSR count). The molecule has 0 bridgehead atoms. The van der Waals surface area contributed by atoms with Crippen LogP contribution in [0.15, 0.2) is 29.6 Å². The zero-order chi connectivity index (χ0) is 17.1. The molecule has 7 heteroatoms. The zero-order valence-corrected chi connectivity index (χ0v) is 14.5. The molecule has 0 aliphatic heterocycles. The summed E-state index contributed by atoms with van der Waals surface area (Å²) in [7, 11) is 1.64. The van der Waals surface area contributed by atoms with Gasteiger partial charge in [0.2, 0.25) is 0 Å². The third-order valence-corrected chi connectivity index (χ3v) is 5.27. The Balaban J connectivity index is 1.51. The first-order valence-electron chi connectivity index (χ1n) is 7.85. The lowest BCUT2D eigenvalue weighted by Crippen LogP contribution is -2.43. The van der Waals surface area contributed by atoms with Crippen LogP contribution in [0.5, 0.6) is 0 Å². The van der Waals surface area contributed by atoms with Crippen LogP contribution in [0, 0.1) is 0 Å². The third kappa shape index (κ3) is 3.58. The van der Waals surface area contributed by atoms with Gasteiger partial charge in [-0.1, -0.05) is 24.3 Å². The second kappa shape index (κ2) is 7.29. The summed E-state index contributed by atoms with van der Waals surface area (Å²) in [6, 6.07) is 7.10. The van der Waals surface area contributed by atoms with E-state index in [4.69, 9.17) is 4.74 Å². The Hall–Kier alpha value is -1.96. The summed E-state index contributed by atoms with van der Waals surface area (Å²) < 4.78 is 5.23. The van der Waals surface area contributed by atoms with Gasteiger partial charge in [-0.2, -0.15) is 0 Å². The van der Waals surface area contributed by atoms with E-state index in [1.54, 1.807) is 7.11 Å². The second-order valence-electron chi connectivity index (χ2n) is 5.84. The Morgan fingerprint density at radius 1 is 1.50 bits per heavy atom. The van der Waals surface area contributed by atoms with Gasteiger partial charge in [-0.25, -0.2) is 9.78 Å². The molecular formula is C17H21N3O3S. The number of aromatic nitrogens is 1. The maximum Gasteiger partial charge on any atom is 0.315 e. The van der Waals surface area contributed by atoms with E-state index in [9.17, 15) is 9.90 Å². The SMILES string of the molecule is COC(C)c1nc(CNC(=O)N[C@@H]2Cc3ccccc3[C@H]2O)cs1. The smallest absolute Gasteiger partial charge is 0.315 e. The number of urea groups is 1. The summed E-state index contributed by atoms with van der Waals surface area (Å²) >= 11 is 1.51. The van der Waals surface area contributed by atoms with Crippen molar-refractivity contribution in [1.29, 1.82) is 0 Å². The Bertz CT molecular complexity index is 719. The Kier molecular flexibility index (Phi) is 5.13. The number of carbonyl (C=O) groups is 1. The molecule has 3 atom stereocenters. The van der Waals surface area contributed by atoms with Crippen LogP contribution < -0.4 is 10.6 Å². The van der Waals surface area contributed by atoms with Gasteiger partial charge in [0.1, 0.15) is 11.1 Å². The van der Waals surface area contributed by atoms with Crippen molar-refractivity contribution in [2.45, 2.75) is 38.1 Å². The number of rotatable bonds is 5. The van der Waals surface area contributed by atoms with Crippen LogP contribution in [0.2, 0.25) is 0 Å². The van der Waals surface area contributed by atoms with E-state index in [-0.39, 0.29) is 18.2 Å². The van der Waals surface area contributed by atoms with Gasteiger partial charge in [0.25, 0.3) is 0 Å². The second-order valence-corrected chi connectivity index (χ2v) is 6.73. The number of aliphatic hydroxyl groups is 1. The predicted octanol–water partition coefficient (Wildman–Crippen LogP) is 2.31. The van der Waals surface area contributed by atoms with E-state index in [1.807, 2.05) is 36.6 Å². The average Bonchev–Trinajstić information content (AvgIpc) is 3.18. The number of hydrogen-bond donors (Lipinski definition) is 3. The molecule has 1 aliphatic carbocycles. The molecule has 1 unspecified atom stereocenters. The quantitative estimate of drug-likeness (QED) is 0.775. The van der Waals surface area contributed by atoms with Gasteiger partial charge in [0.05, 0.1) is 24.4 Å². The number of aliphatic hydroxyl groups excluding tert-OH is 1. The molecule has 1 aromatic heterocycles. The topological polar surface area (TPSA) is 83.5 Å². The number of nitrogens with zero attached hydrogens (tertiary/aromatic N) is 1. The molecule has 0 radical (unpaired) electrons. The highest BCUT2D eigenvalue weighted by atomic mass is 32.1. The van der Waals surface area contributed by atoms with E-state index >= 15 is 0 Å². The summed E-state index contributed by atoms with van der Waals surface area (Å²) in [5, 5.41) is 18.7. The summed E-state index contributed by atoms with van der Waals surface area (Å²) in [5.74, 6) is 0. The van der Waals surface area contributed by atoms with Crippen LogP contribution in [0.3, 0.4) is 0 Å². The molecule has 0 spiro atoms. The molecule has 2 amide bonds. The number of methoxy groups -OCH3 is 1. The van der Waals surface area contributed by atoms with Crippen molar-refractivity contribution in [2.24, 2.45) is 0 Å². The van der Waals surface area contributed by atoms with Gasteiger partial charge in [0.15, 0.2) is 0 Å². The number of hydrogen-bond acceptors (Lipinski definition) is 5. The molecule has 1 heterocycles. The maximum atomic E-state index is 12.1. The molecule has 0 saturated carbocycles. The fourth-order valence-corrected chi connectivity index (χ4v) is 3.64. The lowest BCUT2D eigenvalue weighted by atomic mass is 10.1. The summed E-state index contributed by atoms with van der Waals surface area (Å²) in [4.78, 5) is 16.5. The predicted molar refractivity (Wildman–Crippen MR) is 91.8 cm³/mol. The minimum atomic E-state index is -0.666. The lowest BCUT2D eigenvalue weighted by Gasteiger charge is -2.17. The first-order chi connectivity index (χ1) is 11.6. The average molecular weight is 347 g/mol. The zero-order valence-electron chi connectivity index (χ0n) is 13.7. The first-order valence-corrected chi connectivity index (χ1v) is 8.73. The van der Waals surface area contributed by atoms with Gasteiger partial charge in [0, 0.05) is 12.5 Å². The number of thiazole rings is 1. The van der Waals surface area contributed by atoms with Crippen molar-refractivity contribution < 1.29 is 14.6 Å². The highest BCUT2D eigenvalue weighted by molar-refractivity contribution is 7.09. The molecule has 0 fully saturated rings. The van der Waals surface area contributed by atoms with Crippen LogP contribution in [0.1, 0.15) is 41.0 Å². The fourth-order valence-electron chi connectivity index (χ4n) is 2.79. The molecule has 128 valence electrons. The van der Waals surface area contributed by atoms with Crippen LogP contribution in [0.25, 0.3) is 0 Å². The minimum absolute atomic E-state index is 0.0512. The highest BCUT2D eigenvalue weighted by Gasteiger charge is 2.31. The third-order valence-electron chi connectivity index (χ3n) is 4.21. The van der Waals surface area contributed by atoms with E-state index in [2.05, 4.69) is 15.6 Å². The van der Waals surface area contributed by atoms with Crippen molar-refractivity contribution in [2.75, 3.05) is 7.11 Å². The lowest BCUT2D eigenvalue weighted by molar-refractivity contribution is 0.119. The molecule has 1 aliphatic rings. The Morgan fingerprint density at radius 3 is 3.04 bits per heavy atom. The number of carbonyl (C=O) groups excluding carboxylic acids is 1. The van der Waals surface area contributed by atoms with Crippen LogP contribution in [-0.2, 0) is 17.7 Å². The van der Waals surface area contributed by atoms with Crippen molar-refractivity contribution in [3.63, 3.8) is 0 Å². The number of fused-ring (bicyclic) bond motifs is 1. The van der Waals surface area contributed by atoms with Crippen molar-refractivity contribution in [1.82, 2.24) is 15.6 Å². The van der Waals surface area contributed by atoms with E-state index in [0.717, 1.165) is 21.8 Å². The molecule has 6 nitrogen and oxygen atoms in total. The van der Waals surface area contributed by atoms with Crippen LogP contribution >= 0.6 is 11.3 Å². The maximum absolute atomic E-state index is 12.1. The van der Waals surface area contributed by atoms with Gasteiger partial charge < -0.3 is 20.5 Å². The van der Waals surface area contributed by atoms with Crippen LogP contribution in [-0.4, -0.2) is 29.3 Å². The minimum Gasteiger partial charge on any atom is -0.386 e. The molecule has 2 aromatic rings. The number of nitrogens with one attached hydrogen (secondary N) is 2. The van der Waals surface area contributed by atoms with Gasteiger partial charge in [-0.05, 0) is 24.5 Å². The normalized spacial score (nSPS) is 20.5. The molecule has 1 aromatic carbocycles. The number of ether oxygens (including phenoxy) is 1. The summed E-state index contributed by atoms with van der Waals surface area (Å²) in [5.41, 5.74) is 2.76.